The second kappa shape index (κ2) is 7.86. The van der Waals surface area contributed by atoms with E-state index in [4.69, 9.17) is 0 Å². The lowest BCUT2D eigenvalue weighted by atomic mass is 10.1. The number of nitrogens with one attached hydrogen (secondary N) is 2. The van der Waals surface area contributed by atoms with Crippen LogP contribution in [0.3, 0.4) is 0 Å². The van der Waals surface area contributed by atoms with Gasteiger partial charge in [0.2, 0.25) is 5.91 Å². The van der Waals surface area contributed by atoms with E-state index in [1.807, 2.05) is 44.0 Å². The molecule has 4 heterocycles. The predicted octanol–water partition coefficient (Wildman–Crippen LogP) is 2.67. The zero-order chi connectivity index (χ0) is 20.4. The number of H-pyrrole nitrogens is 1. The number of likely N-dealkylation sites (tertiary alicyclic amines) is 1. The van der Waals surface area contributed by atoms with Gasteiger partial charge in [-0.15, -0.1) is 0 Å². The molecule has 0 spiro atoms. The van der Waals surface area contributed by atoms with Crippen molar-refractivity contribution in [2.45, 2.75) is 32.7 Å². The van der Waals surface area contributed by atoms with Crippen LogP contribution in [-0.4, -0.2) is 47.3 Å². The van der Waals surface area contributed by atoms with Crippen LogP contribution in [0.2, 0.25) is 0 Å². The van der Waals surface area contributed by atoms with Crippen LogP contribution < -0.4 is 5.32 Å². The first-order valence-corrected chi connectivity index (χ1v) is 9.61. The highest BCUT2D eigenvalue weighted by atomic mass is 16.2. The first kappa shape index (κ1) is 18.9. The van der Waals surface area contributed by atoms with Gasteiger partial charge in [-0.1, -0.05) is 0 Å². The third-order valence-corrected chi connectivity index (χ3v) is 4.95. The molecule has 1 atom stereocenters. The largest absolute Gasteiger partial charge is 0.331 e. The Hall–Kier alpha value is -3.49. The zero-order valence-electron chi connectivity index (χ0n) is 16.8. The summed E-state index contributed by atoms with van der Waals surface area (Å²) < 4.78 is 1.73. The van der Waals surface area contributed by atoms with Crippen molar-refractivity contribution in [1.29, 1.82) is 0 Å². The predicted molar refractivity (Wildman–Crippen MR) is 109 cm³/mol. The van der Waals surface area contributed by atoms with Crippen LogP contribution in [0.15, 0.2) is 30.5 Å². The van der Waals surface area contributed by atoms with E-state index in [0.29, 0.717) is 24.0 Å². The molecule has 29 heavy (non-hydrogen) atoms. The fraction of sp³-hybridized carbons (Fsp3) is 0.350. The summed E-state index contributed by atoms with van der Waals surface area (Å²) in [6.45, 7) is 4.51. The molecule has 0 radical (unpaired) electrons. The molecule has 1 saturated heterocycles. The highest BCUT2D eigenvalue weighted by Gasteiger charge is 2.30. The maximum absolute atomic E-state index is 12.8. The molecule has 2 N–H and O–H groups in total. The summed E-state index contributed by atoms with van der Waals surface area (Å²) in [7, 11) is 1.85. The summed E-state index contributed by atoms with van der Waals surface area (Å²) in [4.78, 5) is 23.8. The molecule has 0 aromatic carbocycles. The third-order valence-electron chi connectivity index (χ3n) is 4.95. The average molecular weight is 392 g/mol. The molecular weight excluding hydrogens is 368 g/mol. The fourth-order valence-corrected chi connectivity index (χ4v) is 3.58. The van der Waals surface area contributed by atoms with Crippen molar-refractivity contribution in [3.8, 4) is 0 Å². The Balaban J connectivity index is 1.54. The lowest BCUT2D eigenvalue weighted by molar-refractivity contribution is -0.126. The number of hydrogen-bond donors (Lipinski definition) is 2. The maximum atomic E-state index is 12.8. The number of aromatic amines is 1. The summed E-state index contributed by atoms with van der Waals surface area (Å²) >= 11 is 0. The van der Waals surface area contributed by atoms with Gasteiger partial charge in [0.25, 0.3) is 0 Å². The van der Waals surface area contributed by atoms with Gasteiger partial charge in [-0.05, 0) is 38.8 Å². The molecule has 150 valence electrons. The fourth-order valence-electron chi connectivity index (χ4n) is 3.58. The summed E-state index contributed by atoms with van der Waals surface area (Å²) in [6.07, 6.45) is 6.93. The van der Waals surface area contributed by atoms with E-state index < -0.39 is 0 Å². The van der Waals surface area contributed by atoms with Gasteiger partial charge in [0.1, 0.15) is 11.6 Å². The number of hydrogen-bond acceptors (Lipinski definition) is 6. The van der Waals surface area contributed by atoms with Crippen LogP contribution in [0.1, 0.15) is 41.8 Å². The van der Waals surface area contributed by atoms with Gasteiger partial charge in [-0.25, -0.2) is 9.97 Å². The number of aromatic nitrogens is 6. The van der Waals surface area contributed by atoms with Crippen molar-refractivity contribution in [2.24, 2.45) is 7.05 Å². The number of carbonyl (C=O) groups excluding carboxylic acids is 1. The Bertz CT molecular complexity index is 1050. The summed E-state index contributed by atoms with van der Waals surface area (Å²) in [6, 6.07) is 5.61. The molecule has 1 aliphatic rings. The minimum Gasteiger partial charge on any atom is -0.331 e. The van der Waals surface area contributed by atoms with E-state index in [1.54, 1.807) is 23.0 Å². The number of carbonyl (C=O) groups is 1. The van der Waals surface area contributed by atoms with Gasteiger partial charge in [0, 0.05) is 43.7 Å². The molecule has 0 saturated carbocycles. The number of amides is 1. The smallest absolute Gasteiger partial charge is 0.247 e. The van der Waals surface area contributed by atoms with Crippen LogP contribution in [0.25, 0.3) is 6.08 Å². The molecule has 3 aromatic heterocycles. The molecule has 0 bridgehead atoms. The summed E-state index contributed by atoms with van der Waals surface area (Å²) in [5, 5.41) is 14.4. The summed E-state index contributed by atoms with van der Waals surface area (Å²) in [5.74, 6) is 2.00. The lowest BCUT2D eigenvalue weighted by Gasteiger charge is -2.23. The Morgan fingerprint density at radius 2 is 2.14 bits per heavy atom. The van der Waals surface area contributed by atoms with E-state index in [1.165, 1.54) is 0 Å². The molecule has 4 rings (SSSR count). The van der Waals surface area contributed by atoms with Gasteiger partial charge in [-0.3, -0.25) is 14.6 Å². The monoisotopic (exact) mass is 392 g/mol. The van der Waals surface area contributed by atoms with E-state index >= 15 is 0 Å². The summed E-state index contributed by atoms with van der Waals surface area (Å²) in [5.41, 5.74) is 2.69. The quantitative estimate of drug-likeness (QED) is 0.647. The van der Waals surface area contributed by atoms with Crippen molar-refractivity contribution in [3.05, 3.63) is 53.4 Å². The number of anilines is 2. The standard InChI is InChI=1S/C20H24N8O/c1-13-11-19(26-25-13)24-18-12-16(22-14(2)23-18)17-5-4-10-28(17)20(29)7-6-15-8-9-21-27(15)3/h6-9,11-12,17H,4-5,10H2,1-3H3,(H2,22,23,24,25,26)/b7-6+/t17-/m1/s1. The molecule has 1 aliphatic heterocycles. The van der Waals surface area contributed by atoms with E-state index in [2.05, 4.69) is 30.6 Å². The molecule has 9 nitrogen and oxygen atoms in total. The maximum Gasteiger partial charge on any atom is 0.247 e. The Kier molecular flexibility index (Phi) is 5.11. The average Bonchev–Trinajstić information content (AvgIpc) is 3.41. The van der Waals surface area contributed by atoms with Crippen LogP contribution >= 0.6 is 0 Å². The van der Waals surface area contributed by atoms with Crippen molar-refractivity contribution in [1.82, 2.24) is 34.8 Å². The second-order valence-electron chi connectivity index (χ2n) is 7.19. The number of rotatable bonds is 5. The van der Waals surface area contributed by atoms with Crippen molar-refractivity contribution in [2.75, 3.05) is 11.9 Å². The number of nitrogens with zero attached hydrogens (tertiary/aromatic N) is 6. The molecular formula is C20H24N8O. The lowest BCUT2D eigenvalue weighted by Crippen LogP contribution is -2.29. The molecule has 1 fully saturated rings. The Morgan fingerprint density at radius 1 is 1.28 bits per heavy atom. The zero-order valence-corrected chi connectivity index (χ0v) is 16.8. The van der Waals surface area contributed by atoms with Gasteiger partial charge in [0.15, 0.2) is 5.82 Å². The van der Waals surface area contributed by atoms with Gasteiger partial charge in [0.05, 0.1) is 17.4 Å². The Morgan fingerprint density at radius 3 is 2.86 bits per heavy atom. The SMILES string of the molecule is Cc1nc(Nc2cc(C)[nH]n2)cc([C@H]2CCCN2C(=O)/C=C/c2ccnn2C)n1. The molecule has 1 amide bonds. The second-order valence-corrected chi connectivity index (χ2v) is 7.19. The van der Waals surface area contributed by atoms with Crippen LogP contribution in [0.4, 0.5) is 11.6 Å². The molecule has 0 unspecified atom stereocenters. The topological polar surface area (TPSA) is 105 Å². The van der Waals surface area contributed by atoms with Crippen molar-refractivity contribution >= 4 is 23.6 Å². The molecule has 0 aliphatic carbocycles. The van der Waals surface area contributed by atoms with E-state index in [-0.39, 0.29) is 11.9 Å². The van der Waals surface area contributed by atoms with Crippen molar-refractivity contribution in [3.63, 3.8) is 0 Å². The Labute approximate surface area is 168 Å². The minimum atomic E-state index is -0.0677. The highest BCUT2D eigenvalue weighted by Crippen LogP contribution is 2.32. The third kappa shape index (κ3) is 4.18. The van der Waals surface area contributed by atoms with Gasteiger partial charge >= 0.3 is 0 Å². The molecule has 9 heteroatoms. The first-order valence-electron chi connectivity index (χ1n) is 9.61. The van der Waals surface area contributed by atoms with E-state index in [9.17, 15) is 4.79 Å². The normalized spacial score (nSPS) is 16.7. The van der Waals surface area contributed by atoms with Crippen molar-refractivity contribution < 1.29 is 4.79 Å². The van der Waals surface area contributed by atoms with Gasteiger partial charge < -0.3 is 10.2 Å². The minimum absolute atomic E-state index is 0.0256. The van der Waals surface area contributed by atoms with Crippen LogP contribution in [0.5, 0.6) is 0 Å². The molecule has 3 aromatic rings. The first-order chi connectivity index (χ1) is 14.0. The number of aryl methyl sites for hydroxylation is 3. The highest BCUT2D eigenvalue weighted by molar-refractivity contribution is 5.92. The van der Waals surface area contributed by atoms with Crippen LogP contribution in [0, 0.1) is 13.8 Å². The van der Waals surface area contributed by atoms with Crippen LogP contribution in [-0.2, 0) is 11.8 Å². The van der Waals surface area contributed by atoms with E-state index in [0.717, 1.165) is 29.9 Å². The van der Waals surface area contributed by atoms with Gasteiger partial charge in [-0.2, -0.15) is 10.2 Å².